The lowest BCUT2D eigenvalue weighted by atomic mass is 10.2. The van der Waals surface area contributed by atoms with Crippen molar-refractivity contribution in [1.29, 1.82) is 0 Å². The van der Waals surface area contributed by atoms with Crippen LogP contribution in [0.5, 0.6) is 0 Å². The first-order valence-electron chi connectivity index (χ1n) is 9.00. The van der Waals surface area contributed by atoms with Crippen LogP contribution in [-0.4, -0.2) is 25.4 Å². The van der Waals surface area contributed by atoms with Gasteiger partial charge in [0.1, 0.15) is 5.82 Å². The van der Waals surface area contributed by atoms with E-state index in [1.807, 2.05) is 39.7 Å². The van der Waals surface area contributed by atoms with Crippen molar-refractivity contribution in [2.75, 3.05) is 5.73 Å². The standard InChI is InChI=1S/C21H19ClN4O2S/c1-12(2)25-11-15(10-24-25)26-18-9-14(22)6-7-17(18)19(20(26)23)29-16-5-3-4-13(8-16)21(27)28/h3-12H,23H2,1-2H3,(H,27,28). The minimum Gasteiger partial charge on any atom is -0.478 e. The number of rotatable bonds is 5. The fraction of sp³-hybridized carbons (Fsp3) is 0.143. The second kappa shape index (κ2) is 7.50. The van der Waals surface area contributed by atoms with E-state index in [9.17, 15) is 9.90 Å². The molecule has 0 radical (unpaired) electrons. The maximum atomic E-state index is 11.3. The first-order valence-corrected chi connectivity index (χ1v) is 10.2. The van der Waals surface area contributed by atoms with Crippen LogP contribution < -0.4 is 5.73 Å². The van der Waals surface area contributed by atoms with Crippen LogP contribution in [0.1, 0.15) is 30.2 Å². The summed E-state index contributed by atoms with van der Waals surface area (Å²) in [4.78, 5) is 12.9. The van der Waals surface area contributed by atoms with Gasteiger partial charge in [0, 0.05) is 27.5 Å². The maximum absolute atomic E-state index is 11.3. The third-order valence-corrected chi connectivity index (χ3v) is 5.95. The quantitative estimate of drug-likeness (QED) is 0.440. The molecule has 0 unspecified atom stereocenters. The van der Waals surface area contributed by atoms with Crippen LogP contribution in [0.15, 0.2) is 64.6 Å². The average Bonchev–Trinajstić information content (AvgIpc) is 3.25. The molecule has 0 saturated carbocycles. The molecule has 2 heterocycles. The largest absolute Gasteiger partial charge is 0.478 e. The molecule has 0 fully saturated rings. The lowest BCUT2D eigenvalue weighted by Gasteiger charge is -2.07. The van der Waals surface area contributed by atoms with E-state index < -0.39 is 5.97 Å². The van der Waals surface area contributed by atoms with Crippen LogP contribution in [0.25, 0.3) is 16.6 Å². The summed E-state index contributed by atoms with van der Waals surface area (Å²) >= 11 is 7.69. The smallest absolute Gasteiger partial charge is 0.335 e. The van der Waals surface area contributed by atoms with Crippen molar-refractivity contribution in [2.45, 2.75) is 29.7 Å². The van der Waals surface area contributed by atoms with E-state index in [-0.39, 0.29) is 11.6 Å². The number of carboxylic acid groups (broad SMARTS) is 1. The van der Waals surface area contributed by atoms with E-state index >= 15 is 0 Å². The van der Waals surface area contributed by atoms with Crippen molar-refractivity contribution in [3.8, 4) is 5.69 Å². The zero-order valence-corrected chi connectivity index (χ0v) is 17.4. The third-order valence-electron chi connectivity index (χ3n) is 4.59. The SMILES string of the molecule is CC(C)n1cc(-n2c(N)c(Sc3cccc(C(=O)O)c3)c3ccc(Cl)cc32)cn1. The summed E-state index contributed by atoms with van der Waals surface area (Å²) in [7, 11) is 0. The Morgan fingerprint density at radius 3 is 2.72 bits per heavy atom. The van der Waals surface area contributed by atoms with E-state index in [2.05, 4.69) is 18.9 Å². The number of fused-ring (bicyclic) bond motifs is 1. The lowest BCUT2D eigenvalue weighted by Crippen LogP contribution is -2.01. The van der Waals surface area contributed by atoms with Gasteiger partial charge < -0.3 is 10.8 Å². The first-order chi connectivity index (χ1) is 13.8. The molecule has 0 bridgehead atoms. The highest BCUT2D eigenvalue weighted by Crippen LogP contribution is 2.42. The number of anilines is 1. The maximum Gasteiger partial charge on any atom is 0.335 e. The predicted molar refractivity (Wildman–Crippen MR) is 116 cm³/mol. The molecule has 2 aromatic heterocycles. The van der Waals surface area contributed by atoms with Gasteiger partial charge in [0.15, 0.2) is 0 Å². The molecule has 0 spiro atoms. The van der Waals surface area contributed by atoms with Gasteiger partial charge in [-0.05, 0) is 44.2 Å². The molecule has 0 aliphatic carbocycles. The van der Waals surface area contributed by atoms with Crippen molar-refractivity contribution in [3.05, 3.63) is 65.4 Å². The molecular weight excluding hydrogens is 408 g/mol. The monoisotopic (exact) mass is 426 g/mol. The van der Waals surface area contributed by atoms with E-state index in [1.165, 1.54) is 11.8 Å². The Morgan fingerprint density at radius 1 is 1.24 bits per heavy atom. The summed E-state index contributed by atoms with van der Waals surface area (Å²) in [5.74, 6) is -0.410. The summed E-state index contributed by atoms with van der Waals surface area (Å²) < 4.78 is 3.80. The molecule has 0 aliphatic heterocycles. The molecule has 148 valence electrons. The number of aromatic nitrogens is 3. The topological polar surface area (TPSA) is 86.1 Å². The fourth-order valence-electron chi connectivity index (χ4n) is 3.17. The van der Waals surface area contributed by atoms with Gasteiger partial charge in [0.25, 0.3) is 0 Å². The van der Waals surface area contributed by atoms with E-state index in [1.54, 1.807) is 24.4 Å². The highest BCUT2D eigenvalue weighted by Gasteiger charge is 2.19. The van der Waals surface area contributed by atoms with E-state index in [0.29, 0.717) is 10.8 Å². The molecular formula is C21H19ClN4O2S. The summed E-state index contributed by atoms with van der Waals surface area (Å²) in [5.41, 5.74) is 8.52. The Balaban J connectivity index is 1.88. The number of carbonyl (C=O) groups is 1. The fourth-order valence-corrected chi connectivity index (χ4v) is 4.39. The Bertz CT molecular complexity index is 1230. The molecule has 2 aromatic carbocycles. The van der Waals surface area contributed by atoms with Crippen LogP contribution in [0.2, 0.25) is 5.02 Å². The number of hydrogen-bond donors (Lipinski definition) is 2. The number of carboxylic acids is 1. The van der Waals surface area contributed by atoms with Gasteiger partial charge in [-0.1, -0.05) is 35.5 Å². The van der Waals surface area contributed by atoms with E-state index in [0.717, 1.165) is 26.4 Å². The summed E-state index contributed by atoms with van der Waals surface area (Å²) in [5, 5.41) is 15.2. The van der Waals surface area contributed by atoms with Gasteiger partial charge in [-0.25, -0.2) is 4.79 Å². The molecule has 4 rings (SSSR count). The Labute approximate surface area is 176 Å². The molecule has 0 atom stereocenters. The molecule has 0 amide bonds. The summed E-state index contributed by atoms with van der Waals surface area (Å²) in [6, 6.07) is 12.7. The molecule has 29 heavy (non-hydrogen) atoms. The predicted octanol–water partition coefficient (Wildman–Crippen LogP) is 5.49. The average molecular weight is 427 g/mol. The van der Waals surface area contributed by atoms with Crippen molar-refractivity contribution < 1.29 is 9.90 Å². The van der Waals surface area contributed by atoms with Gasteiger partial charge in [0.05, 0.1) is 27.9 Å². The second-order valence-corrected chi connectivity index (χ2v) is 8.44. The van der Waals surface area contributed by atoms with Crippen molar-refractivity contribution in [1.82, 2.24) is 14.3 Å². The van der Waals surface area contributed by atoms with Crippen molar-refractivity contribution in [2.24, 2.45) is 0 Å². The lowest BCUT2D eigenvalue weighted by molar-refractivity contribution is 0.0696. The number of halogens is 1. The number of hydrogen-bond acceptors (Lipinski definition) is 4. The van der Waals surface area contributed by atoms with Crippen molar-refractivity contribution in [3.63, 3.8) is 0 Å². The molecule has 8 heteroatoms. The van der Waals surface area contributed by atoms with Gasteiger partial charge in [0.2, 0.25) is 0 Å². The highest BCUT2D eigenvalue weighted by molar-refractivity contribution is 7.99. The van der Waals surface area contributed by atoms with E-state index in [4.69, 9.17) is 17.3 Å². The first kappa shape index (κ1) is 19.4. The van der Waals surface area contributed by atoms with Gasteiger partial charge in [-0.2, -0.15) is 5.10 Å². The highest BCUT2D eigenvalue weighted by atomic mass is 35.5. The van der Waals surface area contributed by atoms with Crippen LogP contribution >= 0.6 is 23.4 Å². The second-order valence-electron chi connectivity index (χ2n) is 6.92. The number of benzene rings is 2. The third kappa shape index (κ3) is 3.59. The zero-order chi connectivity index (χ0) is 20.7. The van der Waals surface area contributed by atoms with Gasteiger partial charge in [-0.15, -0.1) is 0 Å². The van der Waals surface area contributed by atoms with Crippen LogP contribution in [0.4, 0.5) is 5.82 Å². The summed E-state index contributed by atoms with van der Waals surface area (Å²) in [6.45, 7) is 4.11. The van der Waals surface area contributed by atoms with Crippen LogP contribution in [0.3, 0.4) is 0 Å². The minimum absolute atomic E-state index is 0.225. The minimum atomic E-state index is -0.962. The molecule has 4 aromatic rings. The Morgan fingerprint density at radius 2 is 2.03 bits per heavy atom. The van der Waals surface area contributed by atoms with Crippen LogP contribution in [0, 0.1) is 0 Å². The molecule has 3 N–H and O–H groups in total. The number of aromatic carboxylic acids is 1. The Hall–Kier alpha value is -2.90. The number of nitrogens with zero attached hydrogens (tertiary/aromatic N) is 3. The number of nitrogen functional groups attached to an aromatic ring is 1. The number of nitrogens with two attached hydrogens (primary N) is 1. The van der Waals surface area contributed by atoms with Crippen LogP contribution in [-0.2, 0) is 0 Å². The zero-order valence-electron chi connectivity index (χ0n) is 15.8. The Kier molecular flexibility index (Phi) is 5.02. The molecule has 6 nitrogen and oxygen atoms in total. The van der Waals surface area contributed by atoms with Gasteiger partial charge in [-0.3, -0.25) is 9.25 Å². The normalized spacial score (nSPS) is 11.4. The molecule has 0 saturated heterocycles. The molecule has 0 aliphatic rings. The van der Waals surface area contributed by atoms with Gasteiger partial charge >= 0.3 is 5.97 Å². The van der Waals surface area contributed by atoms with Crippen molar-refractivity contribution >= 4 is 46.1 Å². The summed E-state index contributed by atoms with van der Waals surface area (Å²) in [6.07, 6.45) is 3.72.